The van der Waals surface area contributed by atoms with Gasteiger partial charge in [-0.2, -0.15) is 0 Å². The van der Waals surface area contributed by atoms with E-state index in [1.807, 2.05) is 24.3 Å². The molecule has 4 heteroatoms. The van der Waals surface area contributed by atoms with E-state index in [1.54, 1.807) is 0 Å². The maximum atomic E-state index is 5.80. The van der Waals surface area contributed by atoms with Gasteiger partial charge in [-0.15, -0.1) is 0 Å². The second kappa shape index (κ2) is 4.14. The van der Waals surface area contributed by atoms with Crippen LogP contribution in [0.1, 0.15) is 0 Å². The molecule has 0 nitrogen and oxygen atoms in total. The van der Waals surface area contributed by atoms with Crippen LogP contribution in [0.25, 0.3) is 0 Å². The Morgan fingerprint density at radius 2 is 1.80 bits per heavy atom. The van der Waals surface area contributed by atoms with E-state index in [2.05, 4.69) is 15.9 Å². The monoisotopic (exact) mass is 352 g/mol. The van der Waals surface area contributed by atoms with E-state index >= 15 is 0 Å². The molecule has 56 valence electrons. The van der Waals surface area contributed by atoms with Crippen LogP contribution in [0.4, 0.5) is 0 Å². The Hall–Kier alpha value is 1.01. The molecule has 1 aromatic rings. The van der Waals surface area contributed by atoms with Crippen molar-refractivity contribution in [2.45, 2.75) is 0 Å². The third-order valence-corrected chi connectivity index (χ3v) is 6.30. The van der Waals surface area contributed by atoms with Crippen LogP contribution in [0.2, 0.25) is 0 Å². The molecule has 1 rings (SSSR count). The van der Waals surface area contributed by atoms with Gasteiger partial charge in [0.15, 0.2) is 0 Å². The average Bonchev–Trinajstić information content (AvgIpc) is 1.88. The Labute approximate surface area is 82.8 Å². The molecule has 0 saturated carbocycles. The van der Waals surface area contributed by atoms with E-state index < -0.39 is 17.6 Å². The van der Waals surface area contributed by atoms with Gasteiger partial charge in [0.25, 0.3) is 0 Å². The van der Waals surface area contributed by atoms with Crippen molar-refractivity contribution in [3.05, 3.63) is 32.3 Å². The number of hydrogen-bond donors (Lipinski definition) is 0. The summed E-state index contributed by atoms with van der Waals surface area (Å²) >= 11 is 1.54. The first kappa shape index (κ1) is 9.10. The Bertz CT molecular complexity index is 227. The molecule has 0 N–H and O–H groups in total. The first-order chi connectivity index (χ1) is 4.72. The van der Waals surface area contributed by atoms with Crippen molar-refractivity contribution in [1.82, 2.24) is 0 Å². The molecule has 0 amide bonds. The molecule has 0 unspecified atom stereocenters. The molecule has 0 aliphatic heterocycles. The molecule has 0 heterocycles. The van der Waals surface area contributed by atoms with Gasteiger partial charge in [0, 0.05) is 0 Å². The topological polar surface area (TPSA) is 0 Å². The fourth-order valence-corrected chi connectivity index (χ4v) is 5.72. The summed E-state index contributed by atoms with van der Waals surface area (Å²) in [5.41, 5.74) is 0. The van der Waals surface area contributed by atoms with Gasteiger partial charge in [0.05, 0.1) is 0 Å². The van der Waals surface area contributed by atoms with Crippen LogP contribution in [0.3, 0.4) is 0 Å². The molecule has 0 bridgehead atoms. The van der Waals surface area contributed by atoms with Crippen LogP contribution in [-0.4, -0.2) is 0 Å². The summed E-state index contributed by atoms with van der Waals surface area (Å²) in [4.78, 5) is 0. The van der Waals surface area contributed by atoms with Gasteiger partial charge in [-0.3, -0.25) is 0 Å². The summed E-state index contributed by atoms with van der Waals surface area (Å²) in [6.45, 7) is 0. The van der Waals surface area contributed by atoms with Crippen LogP contribution >= 0.6 is 51.3 Å². The SMILES string of the molecule is ClI(Cl)c1ccccc1Br. The molecule has 0 aliphatic carbocycles. The van der Waals surface area contributed by atoms with Gasteiger partial charge in [0.1, 0.15) is 0 Å². The van der Waals surface area contributed by atoms with E-state index in [1.165, 1.54) is 0 Å². The van der Waals surface area contributed by atoms with Crippen molar-refractivity contribution in [2.75, 3.05) is 0 Å². The van der Waals surface area contributed by atoms with Gasteiger partial charge < -0.3 is 0 Å². The minimum atomic E-state index is -1.83. The number of hydrogen-bond acceptors (Lipinski definition) is 0. The van der Waals surface area contributed by atoms with Crippen LogP contribution in [0.15, 0.2) is 28.7 Å². The van der Waals surface area contributed by atoms with Crippen molar-refractivity contribution < 1.29 is 0 Å². The van der Waals surface area contributed by atoms with E-state index in [0.717, 1.165) is 8.04 Å². The summed E-state index contributed by atoms with van der Waals surface area (Å²) in [7, 11) is 11.6. The number of halogens is 4. The van der Waals surface area contributed by atoms with Gasteiger partial charge in [-0.1, -0.05) is 0 Å². The molecule has 0 atom stereocenters. The predicted molar refractivity (Wildman–Crippen MR) is 58.6 cm³/mol. The van der Waals surface area contributed by atoms with Crippen LogP contribution in [-0.2, 0) is 0 Å². The molecule has 0 fully saturated rings. The number of rotatable bonds is 1. The van der Waals surface area contributed by atoms with Crippen molar-refractivity contribution in [3.8, 4) is 0 Å². The summed E-state index contributed by atoms with van der Waals surface area (Å²) in [6.07, 6.45) is 0. The zero-order chi connectivity index (χ0) is 7.56. The predicted octanol–water partition coefficient (Wildman–Crippen LogP) is 4.43. The molecule has 0 spiro atoms. The fraction of sp³-hybridized carbons (Fsp3) is 0. The molecule has 0 aliphatic rings. The maximum absolute atomic E-state index is 5.80. The molecule has 1 aromatic carbocycles. The van der Waals surface area contributed by atoms with Gasteiger partial charge in [0.2, 0.25) is 0 Å². The summed E-state index contributed by atoms with van der Waals surface area (Å²) in [6, 6.07) is 7.79. The molecule has 0 saturated heterocycles. The third kappa shape index (κ3) is 2.26. The molecule has 10 heavy (non-hydrogen) atoms. The van der Waals surface area contributed by atoms with Gasteiger partial charge in [-0.25, -0.2) is 0 Å². The zero-order valence-corrected chi connectivity index (χ0v) is 10.1. The Morgan fingerprint density at radius 3 is 2.20 bits per heavy atom. The van der Waals surface area contributed by atoms with Crippen LogP contribution in [0, 0.1) is 3.57 Å². The summed E-state index contributed by atoms with van der Waals surface area (Å²) in [5, 5.41) is 0. The van der Waals surface area contributed by atoms with E-state index in [4.69, 9.17) is 17.8 Å². The van der Waals surface area contributed by atoms with E-state index in [9.17, 15) is 0 Å². The van der Waals surface area contributed by atoms with Crippen LogP contribution in [0.5, 0.6) is 0 Å². The summed E-state index contributed by atoms with van der Waals surface area (Å²) < 4.78 is 2.08. The first-order valence-electron chi connectivity index (χ1n) is 2.49. The Kier molecular flexibility index (Phi) is 3.77. The van der Waals surface area contributed by atoms with Crippen molar-refractivity contribution in [3.63, 3.8) is 0 Å². The minimum absolute atomic E-state index is 1.02. The standard InChI is InChI=1S/C6H4BrCl2I/c7-5-3-1-2-4-6(5)10(8)9/h1-4H. The van der Waals surface area contributed by atoms with Crippen LogP contribution < -0.4 is 0 Å². The Morgan fingerprint density at radius 1 is 1.20 bits per heavy atom. The second-order valence-corrected chi connectivity index (χ2v) is 9.57. The first-order valence-corrected chi connectivity index (χ1v) is 9.83. The average molecular weight is 354 g/mol. The molecule has 0 radical (unpaired) electrons. The Balaban J connectivity index is 3.03. The van der Waals surface area contributed by atoms with E-state index in [0.29, 0.717) is 0 Å². The zero-order valence-electron chi connectivity index (χ0n) is 4.82. The number of benzene rings is 1. The van der Waals surface area contributed by atoms with Crippen molar-refractivity contribution in [2.24, 2.45) is 0 Å². The summed E-state index contributed by atoms with van der Waals surface area (Å²) in [5.74, 6) is 0. The molecule has 0 aromatic heterocycles. The fourth-order valence-electron chi connectivity index (χ4n) is 0.555. The normalized spacial score (nSPS) is 11.3. The van der Waals surface area contributed by atoms with Crippen molar-refractivity contribution in [1.29, 1.82) is 0 Å². The molecular weight excluding hydrogens is 350 g/mol. The second-order valence-electron chi connectivity index (χ2n) is 1.61. The van der Waals surface area contributed by atoms with E-state index in [-0.39, 0.29) is 0 Å². The molecular formula is C6H4BrCl2I. The third-order valence-electron chi connectivity index (χ3n) is 0.978. The van der Waals surface area contributed by atoms with Gasteiger partial charge in [-0.05, 0) is 0 Å². The van der Waals surface area contributed by atoms with Crippen molar-refractivity contribution >= 4 is 51.3 Å². The quantitative estimate of drug-likeness (QED) is 0.655. The van der Waals surface area contributed by atoms with Gasteiger partial charge >= 0.3 is 83.6 Å².